The zero-order valence-corrected chi connectivity index (χ0v) is 9.65. The monoisotopic (exact) mass is 213 g/mol. The summed E-state index contributed by atoms with van der Waals surface area (Å²) in [5.41, 5.74) is 0. The molecule has 0 aliphatic rings. The number of nitrogens with zero attached hydrogens (tertiary/aromatic N) is 2. The van der Waals surface area contributed by atoms with Gasteiger partial charge in [-0.05, 0) is 18.6 Å². The Morgan fingerprint density at radius 1 is 1.29 bits per heavy atom. The molecule has 0 aliphatic carbocycles. The van der Waals surface area contributed by atoms with Gasteiger partial charge in [-0.1, -0.05) is 39.0 Å². The van der Waals surface area contributed by atoms with Crippen molar-refractivity contribution in [3.8, 4) is 0 Å². The fourth-order valence-corrected chi connectivity index (χ4v) is 1.68. The number of hydrogen-bond acceptors (Lipinski definition) is 2. The molecule has 1 rings (SSSR count). The van der Waals surface area contributed by atoms with Crippen molar-refractivity contribution in [1.29, 1.82) is 0 Å². The van der Waals surface area contributed by atoms with Crippen LogP contribution < -0.4 is 0 Å². The van der Waals surface area contributed by atoms with Crippen LogP contribution in [-0.4, -0.2) is 14.8 Å². The maximum Gasteiger partial charge on any atom is 0.194 e. The van der Waals surface area contributed by atoms with Crippen LogP contribution in [0.2, 0.25) is 0 Å². The van der Waals surface area contributed by atoms with Crippen LogP contribution in [0.25, 0.3) is 0 Å². The smallest absolute Gasteiger partial charge is 0.194 e. The van der Waals surface area contributed by atoms with E-state index in [1.807, 2.05) is 4.57 Å². The van der Waals surface area contributed by atoms with Gasteiger partial charge in [0.25, 0.3) is 0 Å². The van der Waals surface area contributed by atoms with E-state index in [0.717, 1.165) is 11.3 Å². The fourth-order valence-electron chi connectivity index (χ4n) is 1.49. The minimum absolute atomic E-state index is 0.735. The molecule has 0 fully saturated rings. The molecule has 14 heavy (non-hydrogen) atoms. The van der Waals surface area contributed by atoms with E-state index >= 15 is 0 Å². The number of hydrogen-bond donors (Lipinski definition) is 1. The van der Waals surface area contributed by atoms with Gasteiger partial charge in [0.2, 0.25) is 0 Å². The van der Waals surface area contributed by atoms with Gasteiger partial charge in [-0.3, -0.25) is 5.10 Å². The third kappa shape index (κ3) is 4.05. The Morgan fingerprint density at radius 2 is 2.00 bits per heavy atom. The molecule has 0 aliphatic heterocycles. The average molecular weight is 213 g/mol. The van der Waals surface area contributed by atoms with Crippen LogP contribution in [0.3, 0.4) is 0 Å². The summed E-state index contributed by atoms with van der Waals surface area (Å²) in [7, 11) is 0. The Labute approximate surface area is 90.5 Å². The summed E-state index contributed by atoms with van der Waals surface area (Å²) in [5, 5.41) is 6.64. The van der Waals surface area contributed by atoms with Gasteiger partial charge >= 0.3 is 0 Å². The molecular formula is C10H19N3S. The first-order valence-electron chi connectivity index (χ1n) is 5.44. The molecule has 0 amide bonds. The standard InChI is InChI=1S/C10H19N3S/c1-2-3-4-5-6-7-8-13-9-11-12-10(13)14/h9H,2-8H2,1H3,(H,12,14). The molecule has 0 saturated heterocycles. The van der Waals surface area contributed by atoms with Crippen molar-refractivity contribution < 1.29 is 0 Å². The zero-order chi connectivity index (χ0) is 10.2. The second kappa shape index (κ2) is 6.76. The van der Waals surface area contributed by atoms with Crippen LogP contribution in [0.4, 0.5) is 0 Å². The van der Waals surface area contributed by atoms with Crippen molar-refractivity contribution in [2.45, 2.75) is 52.0 Å². The highest BCUT2D eigenvalue weighted by molar-refractivity contribution is 7.71. The second-order valence-electron chi connectivity index (χ2n) is 3.62. The summed E-state index contributed by atoms with van der Waals surface area (Å²) in [5.74, 6) is 0. The Balaban J connectivity index is 2.05. The van der Waals surface area contributed by atoms with Gasteiger partial charge in [0, 0.05) is 6.54 Å². The number of nitrogens with one attached hydrogen (secondary N) is 1. The topological polar surface area (TPSA) is 33.6 Å². The summed E-state index contributed by atoms with van der Waals surface area (Å²) >= 11 is 5.05. The van der Waals surface area contributed by atoms with Crippen molar-refractivity contribution >= 4 is 12.2 Å². The third-order valence-corrected chi connectivity index (χ3v) is 2.70. The van der Waals surface area contributed by atoms with Gasteiger partial charge < -0.3 is 4.57 Å². The number of aromatic nitrogens is 3. The Kier molecular flexibility index (Phi) is 5.52. The van der Waals surface area contributed by atoms with Gasteiger partial charge in [0.05, 0.1) is 0 Å². The molecule has 4 heteroatoms. The van der Waals surface area contributed by atoms with E-state index in [9.17, 15) is 0 Å². The van der Waals surface area contributed by atoms with Gasteiger partial charge in [-0.2, -0.15) is 5.10 Å². The predicted molar refractivity (Wildman–Crippen MR) is 60.8 cm³/mol. The highest BCUT2D eigenvalue weighted by atomic mass is 32.1. The fraction of sp³-hybridized carbons (Fsp3) is 0.800. The number of H-pyrrole nitrogens is 1. The van der Waals surface area contributed by atoms with E-state index in [1.165, 1.54) is 38.5 Å². The summed E-state index contributed by atoms with van der Waals surface area (Å²) < 4.78 is 2.73. The first-order chi connectivity index (χ1) is 6.84. The van der Waals surface area contributed by atoms with Crippen LogP contribution >= 0.6 is 12.2 Å². The van der Waals surface area contributed by atoms with Crippen molar-refractivity contribution in [1.82, 2.24) is 14.8 Å². The Hall–Kier alpha value is -0.640. The van der Waals surface area contributed by atoms with Gasteiger partial charge in [0.15, 0.2) is 4.77 Å². The largest absolute Gasteiger partial charge is 0.307 e. The van der Waals surface area contributed by atoms with E-state index in [0.29, 0.717) is 0 Å². The number of unbranched alkanes of at least 4 members (excludes halogenated alkanes) is 5. The van der Waals surface area contributed by atoms with E-state index in [4.69, 9.17) is 12.2 Å². The zero-order valence-electron chi connectivity index (χ0n) is 8.83. The minimum atomic E-state index is 0.735. The van der Waals surface area contributed by atoms with Crippen molar-refractivity contribution in [3.05, 3.63) is 11.1 Å². The molecule has 0 radical (unpaired) electrons. The molecule has 0 unspecified atom stereocenters. The molecule has 0 saturated carbocycles. The molecule has 3 nitrogen and oxygen atoms in total. The van der Waals surface area contributed by atoms with Crippen molar-refractivity contribution in [3.63, 3.8) is 0 Å². The van der Waals surface area contributed by atoms with Crippen molar-refractivity contribution in [2.75, 3.05) is 0 Å². The minimum Gasteiger partial charge on any atom is -0.307 e. The lowest BCUT2D eigenvalue weighted by atomic mass is 10.1. The van der Waals surface area contributed by atoms with Gasteiger partial charge in [-0.25, -0.2) is 0 Å². The first kappa shape index (κ1) is 11.4. The number of rotatable bonds is 7. The summed E-state index contributed by atoms with van der Waals surface area (Å²) in [6.07, 6.45) is 9.67. The quantitative estimate of drug-likeness (QED) is 0.557. The predicted octanol–water partition coefficient (Wildman–Crippen LogP) is 3.30. The Morgan fingerprint density at radius 3 is 2.64 bits per heavy atom. The molecule has 0 atom stereocenters. The molecule has 80 valence electrons. The molecule has 0 aromatic carbocycles. The Bertz CT molecular complexity index is 290. The van der Waals surface area contributed by atoms with Crippen LogP contribution in [0.15, 0.2) is 6.33 Å². The summed E-state index contributed by atoms with van der Waals surface area (Å²) in [4.78, 5) is 0. The maximum absolute atomic E-state index is 5.05. The van der Waals surface area contributed by atoms with Crippen LogP contribution in [0.1, 0.15) is 45.4 Å². The van der Waals surface area contributed by atoms with Gasteiger partial charge in [-0.15, -0.1) is 0 Å². The highest BCUT2D eigenvalue weighted by Crippen LogP contribution is 2.06. The third-order valence-electron chi connectivity index (χ3n) is 2.37. The molecule has 1 heterocycles. The molecule has 1 aromatic heterocycles. The lowest BCUT2D eigenvalue weighted by Gasteiger charge is -2.01. The molecule has 1 N–H and O–H groups in total. The normalized spacial score (nSPS) is 10.6. The van der Waals surface area contributed by atoms with E-state index in [-0.39, 0.29) is 0 Å². The summed E-state index contributed by atoms with van der Waals surface area (Å²) in [6, 6.07) is 0. The van der Waals surface area contributed by atoms with E-state index in [2.05, 4.69) is 17.1 Å². The van der Waals surface area contributed by atoms with Crippen LogP contribution in [0, 0.1) is 4.77 Å². The molecule has 0 bridgehead atoms. The maximum atomic E-state index is 5.05. The highest BCUT2D eigenvalue weighted by Gasteiger charge is 1.94. The SMILES string of the molecule is CCCCCCCCn1cn[nH]c1=S. The van der Waals surface area contributed by atoms with Crippen molar-refractivity contribution in [2.24, 2.45) is 0 Å². The van der Waals surface area contributed by atoms with Crippen LogP contribution in [0.5, 0.6) is 0 Å². The average Bonchev–Trinajstić information content (AvgIpc) is 2.58. The molecular weight excluding hydrogens is 194 g/mol. The second-order valence-corrected chi connectivity index (χ2v) is 4.01. The lowest BCUT2D eigenvalue weighted by Crippen LogP contribution is -1.96. The molecule has 0 spiro atoms. The molecule has 1 aromatic rings. The number of aryl methyl sites for hydroxylation is 1. The van der Waals surface area contributed by atoms with E-state index < -0.39 is 0 Å². The van der Waals surface area contributed by atoms with Crippen LogP contribution in [-0.2, 0) is 6.54 Å². The summed E-state index contributed by atoms with van der Waals surface area (Å²) in [6.45, 7) is 3.24. The number of aromatic amines is 1. The first-order valence-corrected chi connectivity index (χ1v) is 5.85. The lowest BCUT2D eigenvalue weighted by molar-refractivity contribution is 0.554. The van der Waals surface area contributed by atoms with E-state index in [1.54, 1.807) is 6.33 Å². The van der Waals surface area contributed by atoms with Gasteiger partial charge in [0.1, 0.15) is 6.33 Å².